The Morgan fingerprint density at radius 1 is 1.27 bits per heavy atom. The lowest BCUT2D eigenvalue weighted by Gasteiger charge is -2.07. The van der Waals surface area contributed by atoms with Crippen molar-refractivity contribution in [2.75, 3.05) is 12.4 Å². The third-order valence-electron chi connectivity index (χ3n) is 3.23. The second-order valence-electron chi connectivity index (χ2n) is 4.62. The van der Waals surface area contributed by atoms with Crippen molar-refractivity contribution in [2.24, 2.45) is 0 Å². The molecule has 2 N–H and O–H groups in total. The van der Waals surface area contributed by atoms with E-state index in [2.05, 4.69) is 15.3 Å². The zero-order chi connectivity index (χ0) is 15.7. The zero-order valence-electron chi connectivity index (χ0n) is 12.0. The molecule has 0 aliphatic heterocycles. The SMILES string of the molecule is COC(=O)c1sc2ncnc(Nc3ccc(O)cc3)c2c1C. The number of ether oxygens (including phenoxy) is 1. The average molecular weight is 315 g/mol. The zero-order valence-corrected chi connectivity index (χ0v) is 12.8. The molecule has 0 saturated heterocycles. The summed E-state index contributed by atoms with van der Waals surface area (Å²) in [6.45, 7) is 1.84. The van der Waals surface area contributed by atoms with Crippen molar-refractivity contribution < 1.29 is 14.6 Å². The third kappa shape index (κ3) is 2.46. The molecule has 0 radical (unpaired) electrons. The molecule has 0 bridgehead atoms. The fourth-order valence-corrected chi connectivity index (χ4v) is 3.20. The topological polar surface area (TPSA) is 84.3 Å². The summed E-state index contributed by atoms with van der Waals surface area (Å²) in [6.07, 6.45) is 1.45. The van der Waals surface area contributed by atoms with E-state index in [-0.39, 0.29) is 11.7 Å². The molecule has 6 nitrogen and oxygen atoms in total. The highest BCUT2D eigenvalue weighted by Gasteiger charge is 2.19. The number of carbonyl (C=O) groups is 1. The highest BCUT2D eigenvalue weighted by Crippen LogP contribution is 2.34. The van der Waals surface area contributed by atoms with Crippen molar-refractivity contribution in [3.05, 3.63) is 41.0 Å². The fourth-order valence-electron chi connectivity index (χ4n) is 2.14. The summed E-state index contributed by atoms with van der Waals surface area (Å²) in [5, 5.41) is 13.3. The van der Waals surface area contributed by atoms with Gasteiger partial charge in [0.05, 0.1) is 12.5 Å². The van der Waals surface area contributed by atoms with Gasteiger partial charge in [0.25, 0.3) is 0 Å². The van der Waals surface area contributed by atoms with E-state index in [1.165, 1.54) is 24.8 Å². The summed E-state index contributed by atoms with van der Waals surface area (Å²) in [4.78, 5) is 21.5. The summed E-state index contributed by atoms with van der Waals surface area (Å²) in [5.41, 5.74) is 1.57. The second kappa shape index (κ2) is 5.61. The number of esters is 1. The number of anilines is 2. The Morgan fingerprint density at radius 3 is 2.68 bits per heavy atom. The van der Waals surface area contributed by atoms with Crippen molar-refractivity contribution in [1.82, 2.24) is 9.97 Å². The first-order chi connectivity index (χ1) is 10.6. The summed E-state index contributed by atoms with van der Waals surface area (Å²) < 4.78 is 4.79. The number of thiophene rings is 1. The normalized spacial score (nSPS) is 10.6. The van der Waals surface area contributed by atoms with Crippen molar-refractivity contribution in [2.45, 2.75) is 6.92 Å². The van der Waals surface area contributed by atoms with Crippen molar-refractivity contribution in [1.29, 1.82) is 0 Å². The number of aromatic hydroxyl groups is 1. The Balaban J connectivity index is 2.08. The monoisotopic (exact) mass is 315 g/mol. The van der Waals surface area contributed by atoms with Crippen LogP contribution in [0.2, 0.25) is 0 Å². The maximum Gasteiger partial charge on any atom is 0.348 e. The Kier molecular flexibility index (Phi) is 3.64. The molecule has 0 aliphatic rings. The van der Waals surface area contributed by atoms with Crippen molar-refractivity contribution in [3.8, 4) is 5.75 Å². The Labute approximate surface area is 130 Å². The van der Waals surface area contributed by atoms with Gasteiger partial charge < -0.3 is 15.2 Å². The molecule has 0 spiro atoms. The molecule has 7 heteroatoms. The number of phenols is 1. The van der Waals surface area contributed by atoms with Crippen LogP contribution in [0.3, 0.4) is 0 Å². The van der Waals surface area contributed by atoms with E-state index >= 15 is 0 Å². The van der Waals surface area contributed by atoms with Crippen LogP contribution in [-0.4, -0.2) is 28.2 Å². The van der Waals surface area contributed by atoms with Crippen LogP contribution >= 0.6 is 11.3 Å². The fraction of sp³-hybridized carbons (Fsp3) is 0.133. The number of rotatable bonds is 3. The highest BCUT2D eigenvalue weighted by molar-refractivity contribution is 7.20. The number of aromatic nitrogens is 2. The molecule has 3 aromatic rings. The van der Waals surface area contributed by atoms with Crippen LogP contribution in [0, 0.1) is 6.92 Å². The lowest BCUT2D eigenvalue weighted by Crippen LogP contribution is -2.00. The van der Waals surface area contributed by atoms with Gasteiger partial charge in [-0.05, 0) is 36.8 Å². The van der Waals surface area contributed by atoms with Gasteiger partial charge in [0.1, 0.15) is 27.6 Å². The number of fused-ring (bicyclic) bond motifs is 1. The number of carbonyl (C=O) groups excluding carboxylic acids is 1. The summed E-state index contributed by atoms with van der Waals surface area (Å²) in [7, 11) is 1.35. The Morgan fingerprint density at radius 2 is 2.00 bits per heavy atom. The molecule has 0 fully saturated rings. The first kappa shape index (κ1) is 14.3. The van der Waals surface area contributed by atoms with Gasteiger partial charge in [-0.1, -0.05) is 0 Å². The van der Waals surface area contributed by atoms with Gasteiger partial charge in [-0.15, -0.1) is 11.3 Å². The number of phenolic OH excluding ortho intramolecular Hbond substituents is 1. The molecule has 0 unspecified atom stereocenters. The van der Waals surface area contributed by atoms with Gasteiger partial charge in [-0.3, -0.25) is 0 Å². The summed E-state index contributed by atoms with van der Waals surface area (Å²) >= 11 is 1.28. The molecule has 0 atom stereocenters. The number of aryl methyl sites for hydroxylation is 1. The second-order valence-corrected chi connectivity index (χ2v) is 5.62. The van der Waals surface area contributed by atoms with Gasteiger partial charge in [0.2, 0.25) is 0 Å². The summed E-state index contributed by atoms with van der Waals surface area (Å²) in [5.74, 6) is 0.425. The lowest BCUT2D eigenvalue weighted by atomic mass is 10.2. The number of nitrogens with zero attached hydrogens (tertiary/aromatic N) is 2. The van der Waals surface area contributed by atoms with E-state index in [0.717, 1.165) is 16.6 Å². The van der Waals surface area contributed by atoms with Crippen LogP contribution < -0.4 is 5.32 Å². The predicted molar refractivity (Wildman–Crippen MR) is 84.9 cm³/mol. The lowest BCUT2D eigenvalue weighted by molar-refractivity contribution is 0.0605. The first-order valence-electron chi connectivity index (χ1n) is 6.48. The minimum absolute atomic E-state index is 0.193. The number of hydrogen-bond acceptors (Lipinski definition) is 7. The van der Waals surface area contributed by atoms with E-state index in [1.807, 2.05) is 6.92 Å². The molecule has 3 rings (SSSR count). The first-order valence-corrected chi connectivity index (χ1v) is 7.30. The molecule has 0 saturated carbocycles. The van der Waals surface area contributed by atoms with Crippen molar-refractivity contribution in [3.63, 3.8) is 0 Å². The molecule has 112 valence electrons. The van der Waals surface area contributed by atoms with Crippen LogP contribution in [0.15, 0.2) is 30.6 Å². The van der Waals surface area contributed by atoms with Crippen LogP contribution in [0.4, 0.5) is 11.5 Å². The van der Waals surface area contributed by atoms with E-state index in [0.29, 0.717) is 15.5 Å². The van der Waals surface area contributed by atoms with Gasteiger partial charge in [-0.2, -0.15) is 0 Å². The van der Waals surface area contributed by atoms with E-state index in [4.69, 9.17) is 4.74 Å². The van der Waals surface area contributed by atoms with Crippen LogP contribution in [-0.2, 0) is 4.74 Å². The standard InChI is InChI=1S/C15H13N3O3S/c1-8-11-13(18-9-3-5-10(19)6-4-9)16-7-17-14(11)22-12(8)15(20)21-2/h3-7,19H,1-2H3,(H,16,17,18). The molecular formula is C15H13N3O3S. The average Bonchev–Trinajstić information content (AvgIpc) is 2.87. The molecule has 0 amide bonds. The van der Waals surface area contributed by atoms with Gasteiger partial charge in [-0.25, -0.2) is 14.8 Å². The van der Waals surface area contributed by atoms with Gasteiger partial charge in [0, 0.05) is 5.69 Å². The largest absolute Gasteiger partial charge is 0.508 e. The molecule has 1 aromatic carbocycles. The Bertz CT molecular complexity index is 843. The third-order valence-corrected chi connectivity index (χ3v) is 4.41. The molecule has 2 heterocycles. The van der Waals surface area contributed by atoms with Gasteiger partial charge >= 0.3 is 5.97 Å². The van der Waals surface area contributed by atoms with Crippen LogP contribution in [0.25, 0.3) is 10.2 Å². The quantitative estimate of drug-likeness (QED) is 0.570. The van der Waals surface area contributed by atoms with E-state index < -0.39 is 0 Å². The number of hydrogen-bond donors (Lipinski definition) is 2. The molecule has 22 heavy (non-hydrogen) atoms. The van der Waals surface area contributed by atoms with Crippen LogP contribution in [0.1, 0.15) is 15.2 Å². The molecule has 0 aliphatic carbocycles. The summed E-state index contributed by atoms with van der Waals surface area (Å²) in [6, 6.07) is 6.65. The van der Waals surface area contributed by atoms with E-state index in [9.17, 15) is 9.90 Å². The highest BCUT2D eigenvalue weighted by atomic mass is 32.1. The minimum atomic E-state index is -0.379. The van der Waals surface area contributed by atoms with Crippen LogP contribution in [0.5, 0.6) is 5.75 Å². The number of benzene rings is 1. The Hall–Kier alpha value is -2.67. The molecular weight excluding hydrogens is 302 g/mol. The van der Waals surface area contributed by atoms with E-state index in [1.54, 1.807) is 24.3 Å². The number of methoxy groups -OCH3 is 1. The number of nitrogens with one attached hydrogen (secondary N) is 1. The minimum Gasteiger partial charge on any atom is -0.508 e. The maximum atomic E-state index is 11.8. The van der Waals surface area contributed by atoms with Crippen molar-refractivity contribution >= 4 is 39.0 Å². The predicted octanol–water partition coefficient (Wildman–Crippen LogP) is 3.24. The molecule has 2 aromatic heterocycles. The smallest absolute Gasteiger partial charge is 0.348 e. The van der Waals surface area contributed by atoms with Gasteiger partial charge in [0.15, 0.2) is 0 Å². The maximum absolute atomic E-state index is 11.8.